The van der Waals surface area contributed by atoms with E-state index in [0.717, 1.165) is 25.1 Å². The maximum atomic E-state index is 9.00. The summed E-state index contributed by atoms with van der Waals surface area (Å²) >= 11 is 3.24. The average Bonchev–Trinajstić information content (AvgIpc) is 1.82. The van der Waals surface area contributed by atoms with E-state index in [4.69, 9.17) is 15.0 Å². The Hall–Kier alpha value is -0.0900. The molecule has 4 heteroatoms. The number of hydrogen-bond acceptors (Lipinski definition) is 2. The van der Waals surface area contributed by atoms with Gasteiger partial charge in [-0.05, 0) is 12.8 Å². The first-order chi connectivity index (χ1) is 4.65. The first-order valence-electron chi connectivity index (χ1n) is 3.01. The highest BCUT2D eigenvalue weighted by Gasteiger charge is 1.77. The third kappa shape index (κ3) is 44.6. The maximum absolute atomic E-state index is 9.00. The number of unbranched alkanes of at least 4 members (excludes halogenated alkanes) is 1. The summed E-state index contributed by atoms with van der Waals surface area (Å²) in [6, 6.07) is 0. The van der Waals surface area contributed by atoms with Gasteiger partial charge >= 0.3 is 0 Å². The van der Waals surface area contributed by atoms with Gasteiger partial charge in [-0.2, -0.15) is 0 Å². The lowest BCUT2D eigenvalue weighted by atomic mass is 10.4. The minimum Gasteiger partial charge on any atom is -0.481 e. The molecule has 0 amide bonds. The van der Waals surface area contributed by atoms with Gasteiger partial charge in [0.2, 0.25) is 0 Å². The molecule has 10 heavy (non-hydrogen) atoms. The van der Waals surface area contributed by atoms with Gasteiger partial charge in [0, 0.05) is 18.9 Å². The van der Waals surface area contributed by atoms with Crippen molar-refractivity contribution in [3.63, 3.8) is 0 Å². The fraction of sp³-hybridized carbons (Fsp3) is 0.833. The maximum Gasteiger partial charge on any atom is 0.300 e. The van der Waals surface area contributed by atoms with Crippen LogP contribution in [0.25, 0.3) is 0 Å². The molecular weight excluding hydrogens is 200 g/mol. The van der Waals surface area contributed by atoms with Crippen molar-refractivity contribution < 1.29 is 15.0 Å². The van der Waals surface area contributed by atoms with Crippen molar-refractivity contribution in [3.05, 3.63) is 0 Å². The zero-order valence-corrected chi connectivity index (χ0v) is 7.60. The van der Waals surface area contributed by atoms with Crippen LogP contribution in [-0.4, -0.2) is 28.1 Å². The van der Waals surface area contributed by atoms with Crippen molar-refractivity contribution in [1.29, 1.82) is 0 Å². The lowest BCUT2D eigenvalue weighted by molar-refractivity contribution is -0.134. The van der Waals surface area contributed by atoms with Crippen LogP contribution in [0.2, 0.25) is 0 Å². The van der Waals surface area contributed by atoms with Crippen LogP contribution >= 0.6 is 15.9 Å². The number of halogens is 1. The van der Waals surface area contributed by atoms with Gasteiger partial charge in [0.05, 0.1) is 0 Å². The minimum atomic E-state index is -0.833. The van der Waals surface area contributed by atoms with Crippen molar-refractivity contribution in [2.75, 3.05) is 11.9 Å². The fourth-order valence-electron chi connectivity index (χ4n) is 0.206. The van der Waals surface area contributed by atoms with Gasteiger partial charge in [0.25, 0.3) is 5.97 Å². The number of hydrogen-bond donors (Lipinski definition) is 2. The molecular formula is C6H13BrO3. The second-order valence-electron chi connectivity index (χ2n) is 1.64. The Bertz CT molecular complexity index is 67.4. The van der Waals surface area contributed by atoms with Crippen LogP contribution < -0.4 is 0 Å². The topological polar surface area (TPSA) is 57.5 Å². The molecule has 0 aromatic heterocycles. The molecule has 0 aliphatic rings. The van der Waals surface area contributed by atoms with Gasteiger partial charge in [-0.15, -0.1) is 0 Å². The van der Waals surface area contributed by atoms with Crippen LogP contribution in [0.4, 0.5) is 0 Å². The van der Waals surface area contributed by atoms with Gasteiger partial charge < -0.3 is 10.2 Å². The Morgan fingerprint density at radius 1 is 1.50 bits per heavy atom. The number of carboxylic acids is 1. The zero-order chi connectivity index (χ0) is 8.41. The van der Waals surface area contributed by atoms with E-state index in [2.05, 4.69) is 15.9 Å². The molecule has 0 saturated heterocycles. The van der Waals surface area contributed by atoms with Crippen LogP contribution in [-0.2, 0) is 4.79 Å². The lowest BCUT2D eigenvalue weighted by Crippen LogP contribution is -1.80. The summed E-state index contributed by atoms with van der Waals surface area (Å²) in [6.45, 7) is 1.41. The second-order valence-corrected chi connectivity index (χ2v) is 2.43. The third-order valence-electron chi connectivity index (χ3n) is 0.542. The van der Waals surface area contributed by atoms with E-state index in [1.165, 1.54) is 0 Å². The largest absolute Gasteiger partial charge is 0.481 e. The van der Waals surface area contributed by atoms with Crippen LogP contribution in [0.5, 0.6) is 0 Å². The Morgan fingerprint density at radius 2 is 1.90 bits per heavy atom. The molecule has 3 nitrogen and oxygen atoms in total. The summed E-state index contributed by atoms with van der Waals surface area (Å²) in [6.07, 6.45) is 2.00. The normalized spacial score (nSPS) is 7.90. The van der Waals surface area contributed by atoms with E-state index in [-0.39, 0.29) is 0 Å². The highest BCUT2D eigenvalue weighted by molar-refractivity contribution is 9.09. The van der Waals surface area contributed by atoms with Crippen molar-refractivity contribution in [1.82, 2.24) is 0 Å². The molecule has 0 aliphatic heterocycles. The van der Waals surface area contributed by atoms with Crippen molar-refractivity contribution in [2.45, 2.75) is 19.8 Å². The Kier molecular flexibility index (Phi) is 14.7. The number of rotatable bonds is 3. The van der Waals surface area contributed by atoms with Crippen LogP contribution in [0.3, 0.4) is 0 Å². The smallest absolute Gasteiger partial charge is 0.300 e. The molecule has 0 saturated carbocycles. The monoisotopic (exact) mass is 212 g/mol. The number of carboxylic acid groups (broad SMARTS) is 1. The van der Waals surface area contributed by atoms with Crippen molar-refractivity contribution in [3.8, 4) is 0 Å². The summed E-state index contributed by atoms with van der Waals surface area (Å²) in [4.78, 5) is 9.00. The van der Waals surface area contributed by atoms with E-state index in [1.54, 1.807) is 0 Å². The molecule has 0 radical (unpaired) electrons. The number of aliphatic hydroxyl groups excluding tert-OH is 1. The van der Waals surface area contributed by atoms with E-state index < -0.39 is 5.97 Å². The average molecular weight is 213 g/mol. The predicted molar refractivity (Wildman–Crippen MR) is 43.4 cm³/mol. The molecule has 0 heterocycles. The molecule has 0 bridgehead atoms. The first-order valence-corrected chi connectivity index (χ1v) is 4.13. The van der Waals surface area contributed by atoms with Crippen LogP contribution in [0, 0.1) is 0 Å². The fourth-order valence-corrected chi connectivity index (χ4v) is 0.603. The SMILES string of the molecule is CC(=O)O.OCCCCBr. The van der Waals surface area contributed by atoms with Gasteiger partial charge in [-0.25, -0.2) is 0 Å². The molecule has 0 aromatic rings. The molecule has 0 rings (SSSR count). The molecule has 0 aliphatic carbocycles. The van der Waals surface area contributed by atoms with Crippen molar-refractivity contribution >= 4 is 21.9 Å². The number of aliphatic carboxylic acids is 1. The molecule has 0 fully saturated rings. The Morgan fingerprint density at radius 3 is 2.00 bits per heavy atom. The summed E-state index contributed by atoms with van der Waals surface area (Å²) < 4.78 is 0. The minimum absolute atomic E-state index is 0.325. The van der Waals surface area contributed by atoms with Gasteiger partial charge in [-0.1, -0.05) is 15.9 Å². The lowest BCUT2D eigenvalue weighted by Gasteiger charge is -1.84. The van der Waals surface area contributed by atoms with E-state index in [0.29, 0.717) is 6.61 Å². The molecule has 0 aromatic carbocycles. The highest BCUT2D eigenvalue weighted by atomic mass is 79.9. The molecule has 2 N–H and O–H groups in total. The number of carbonyl (C=O) groups is 1. The summed E-state index contributed by atoms with van der Waals surface area (Å²) in [5, 5.41) is 16.6. The van der Waals surface area contributed by atoms with Gasteiger partial charge in [-0.3, -0.25) is 4.79 Å². The van der Waals surface area contributed by atoms with Gasteiger partial charge in [0.15, 0.2) is 0 Å². The number of alkyl halides is 1. The van der Waals surface area contributed by atoms with Crippen molar-refractivity contribution in [2.24, 2.45) is 0 Å². The predicted octanol–water partition coefficient (Wildman–Crippen LogP) is 1.24. The van der Waals surface area contributed by atoms with Crippen LogP contribution in [0.15, 0.2) is 0 Å². The van der Waals surface area contributed by atoms with E-state index >= 15 is 0 Å². The van der Waals surface area contributed by atoms with E-state index in [9.17, 15) is 0 Å². The molecule has 62 valence electrons. The number of aliphatic hydroxyl groups is 1. The third-order valence-corrected chi connectivity index (χ3v) is 1.10. The second kappa shape index (κ2) is 11.7. The highest BCUT2D eigenvalue weighted by Crippen LogP contribution is 1.90. The standard InChI is InChI=1S/C4H9BrO.C2H4O2/c5-3-1-2-4-6;1-2(3)4/h6H,1-4H2;1H3,(H,3,4). The molecule has 0 spiro atoms. The Balaban J connectivity index is 0. The first kappa shape index (κ1) is 12.6. The summed E-state index contributed by atoms with van der Waals surface area (Å²) in [5.41, 5.74) is 0. The van der Waals surface area contributed by atoms with Gasteiger partial charge in [0.1, 0.15) is 0 Å². The molecule has 0 atom stereocenters. The van der Waals surface area contributed by atoms with E-state index in [1.807, 2.05) is 0 Å². The summed E-state index contributed by atoms with van der Waals surface area (Å²) in [5.74, 6) is -0.833. The Labute approximate surface area is 69.2 Å². The van der Waals surface area contributed by atoms with Crippen LogP contribution in [0.1, 0.15) is 19.8 Å². The zero-order valence-electron chi connectivity index (χ0n) is 6.01. The molecule has 0 unspecified atom stereocenters. The summed E-state index contributed by atoms with van der Waals surface area (Å²) in [7, 11) is 0. The quantitative estimate of drug-likeness (QED) is 0.547.